The monoisotopic (exact) mass is 458 g/mol. The molecule has 0 unspecified atom stereocenters. The third-order valence-corrected chi connectivity index (χ3v) is 10.1. The van der Waals surface area contributed by atoms with Gasteiger partial charge in [0.1, 0.15) is 23.9 Å². The van der Waals surface area contributed by atoms with Gasteiger partial charge in [-0.3, -0.25) is 0 Å². The third-order valence-electron chi connectivity index (χ3n) is 8.98. The maximum Gasteiger partial charge on any atom is 0.509 e. The van der Waals surface area contributed by atoms with Gasteiger partial charge in [0.05, 0.1) is 10.8 Å². The Morgan fingerprint density at radius 1 is 1.23 bits per heavy atom. The number of esters is 1. The number of fused-ring (bicyclic) bond motifs is 2. The standard InChI is InChI=1S/C21H24Cl2O7/c1-8(2)19(26)13(23)14-21(29-14)18(3)5-4-9-10(7-27-15(9)24)11(18)6-12(22)20(21)16(19)28-17(25)30-20/h8,11-14,16,26H,4-7H2,1-3H3/t11-,12+,13+,14-,16+,18-,19-,20+,21+/m0/s1. The highest BCUT2D eigenvalue weighted by atomic mass is 35.5. The van der Waals surface area contributed by atoms with Crippen molar-refractivity contribution in [2.45, 2.75) is 79.8 Å². The number of ether oxygens (including phenoxy) is 4. The van der Waals surface area contributed by atoms with Crippen molar-refractivity contribution in [2.24, 2.45) is 17.3 Å². The van der Waals surface area contributed by atoms with Gasteiger partial charge >= 0.3 is 12.1 Å². The van der Waals surface area contributed by atoms with E-state index in [-0.39, 0.29) is 24.4 Å². The van der Waals surface area contributed by atoms with Gasteiger partial charge in [-0.15, -0.1) is 23.2 Å². The molecule has 1 N–H and O–H groups in total. The zero-order chi connectivity index (χ0) is 21.4. The van der Waals surface area contributed by atoms with Crippen molar-refractivity contribution in [1.29, 1.82) is 0 Å². The van der Waals surface area contributed by atoms with E-state index >= 15 is 0 Å². The second-order valence-electron chi connectivity index (χ2n) is 10.1. The summed E-state index contributed by atoms with van der Waals surface area (Å²) >= 11 is 13.9. The van der Waals surface area contributed by atoms with Gasteiger partial charge in [0.25, 0.3) is 0 Å². The molecule has 164 valence electrons. The summed E-state index contributed by atoms with van der Waals surface area (Å²) in [5, 5.41) is 10.2. The van der Waals surface area contributed by atoms with Crippen molar-refractivity contribution in [3.8, 4) is 0 Å². The summed E-state index contributed by atoms with van der Waals surface area (Å²) in [6.07, 6.45) is -0.798. The molecule has 3 heterocycles. The number of rotatable bonds is 1. The Morgan fingerprint density at radius 3 is 2.67 bits per heavy atom. The van der Waals surface area contributed by atoms with E-state index in [1.54, 1.807) is 0 Å². The van der Waals surface area contributed by atoms with Crippen LogP contribution in [0.1, 0.15) is 40.0 Å². The minimum absolute atomic E-state index is 0.0695. The van der Waals surface area contributed by atoms with Gasteiger partial charge in [-0.25, -0.2) is 9.59 Å². The second-order valence-corrected chi connectivity index (χ2v) is 11.1. The van der Waals surface area contributed by atoms with Gasteiger partial charge in [-0.05, 0) is 36.7 Å². The fourth-order valence-electron chi connectivity index (χ4n) is 7.42. The summed E-state index contributed by atoms with van der Waals surface area (Å²) < 4.78 is 23.3. The molecule has 0 bridgehead atoms. The highest BCUT2D eigenvalue weighted by Gasteiger charge is 2.94. The number of alkyl halides is 2. The summed E-state index contributed by atoms with van der Waals surface area (Å²) in [4.78, 5) is 24.7. The smallest absolute Gasteiger partial charge is 0.458 e. The fourth-order valence-corrected chi connectivity index (χ4v) is 8.52. The number of carbonyl (C=O) groups excluding carboxylic acids is 2. The molecule has 0 aromatic carbocycles. The van der Waals surface area contributed by atoms with E-state index < -0.39 is 51.3 Å². The Morgan fingerprint density at radius 2 is 1.97 bits per heavy atom. The topological polar surface area (TPSA) is 94.6 Å². The lowest BCUT2D eigenvalue weighted by molar-refractivity contribution is -0.208. The predicted molar refractivity (Wildman–Crippen MR) is 104 cm³/mol. The van der Waals surface area contributed by atoms with E-state index in [1.165, 1.54) is 0 Å². The number of aliphatic hydroxyl groups is 1. The van der Waals surface area contributed by atoms with Crippen molar-refractivity contribution in [2.75, 3.05) is 6.61 Å². The third kappa shape index (κ3) is 1.75. The lowest BCUT2D eigenvalue weighted by atomic mass is 9.44. The molecular formula is C21H24Cl2O7. The van der Waals surface area contributed by atoms with Crippen LogP contribution in [0.2, 0.25) is 0 Å². The van der Waals surface area contributed by atoms with Crippen LogP contribution in [0.25, 0.3) is 0 Å². The normalized spacial score (nSPS) is 55.6. The van der Waals surface area contributed by atoms with Gasteiger partial charge in [-0.2, -0.15) is 0 Å². The van der Waals surface area contributed by atoms with Gasteiger partial charge in [0, 0.05) is 11.0 Å². The van der Waals surface area contributed by atoms with Crippen LogP contribution in [-0.2, 0) is 23.7 Å². The van der Waals surface area contributed by atoms with Crippen LogP contribution in [0.5, 0.6) is 0 Å². The number of cyclic esters (lactones) is 1. The number of carbonyl (C=O) groups is 2. The molecular weight excluding hydrogens is 435 g/mol. The maximum atomic E-state index is 12.5. The van der Waals surface area contributed by atoms with E-state index in [0.29, 0.717) is 19.3 Å². The zero-order valence-electron chi connectivity index (χ0n) is 16.9. The SMILES string of the molecule is CC(C)[C@]1(O)[C@H](Cl)[C@@H]2O[C@]23[C@@]2(OC(=O)O[C@H]12)[C@H](Cl)C[C@H]1C2=C(CC[C@@]13C)C(=O)OC2. The largest absolute Gasteiger partial charge is 0.509 e. The van der Waals surface area contributed by atoms with E-state index in [1.807, 2.05) is 13.8 Å². The van der Waals surface area contributed by atoms with E-state index in [0.717, 1.165) is 11.1 Å². The van der Waals surface area contributed by atoms with Crippen molar-refractivity contribution >= 4 is 35.3 Å². The highest BCUT2D eigenvalue weighted by Crippen LogP contribution is 2.77. The van der Waals surface area contributed by atoms with E-state index in [9.17, 15) is 14.7 Å². The van der Waals surface area contributed by atoms with Crippen molar-refractivity contribution in [1.82, 2.24) is 0 Å². The van der Waals surface area contributed by atoms with Crippen LogP contribution in [0, 0.1) is 17.3 Å². The molecule has 3 aliphatic carbocycles. The lowest BCUT2D eigenvalue weighted by Gasteiger charge is -2.62. The minimum atomic E-state index is -1.56. The molecule has 4 fully saturated rings. The molecule has 6 rings (SSSR count). The average molecular weight is 459 g/mol. The number of hydrogen-bond acceptors (Lipinski definition) is 7. The fraction of sp³-hybridized carbons (Fsp3) is 0.810. The molecule has 3 aliphatic heterocycles. The molecule has 9 atom stereocenters. The number of hydrogen-bond donors (Lipinski definition) is 1. The number of halogens is 2. The van der Waals surface area contributed by atoms with Gasteiger partial charge in [0.15, 0.2) is 6.10 Å². The van der Waals surface area contributed by atoms with E-state index in [4.69, 9.17) is 42.1 Å². The molecule has 6 aliphatic rings. The molecule has 2 saturated carbocycles. The Balaban J connectivity index is 1.56. The van der Waals surface area contributed by atoms with Gasteiger partial charge in [-0.1, -0.05) is 20.8 Å². The van der Waals surface area contributed by atoms with E-state index in [2.05, 4.69) is 6.92 Å². The second kappa shape index (κ2) is 5.48. The maximum absolute atomic E-state index is 12.5. The Labute approximate surface area is 183 Å². The van der Waals surface area contributed by atoms with Crippen LogP contribution in [0.15, 0.2) is 11.1 Å². The molecule has 7 nitrogen and oxygen atoms in total. The summed E-state index contributed by atoms with van der Waals surface area (Å²) in [5.74, 6) is -0.653. The Bertz CT molecular complexity index is 919. The zero-order valence-corrected chi connectivity index (χ0v) is 18.5. The number of epoxide rings is 1. The quantitative estimate of drug-likeness (QED) is 0.366. The van der Waals surface area contributed by atoms with Gasteiger partial charge < -0.3 is 24.1 Å². The first-order chi connectivity index (χ1) is 14.1. The van der Waals surface area contributed by atoms with Crippen LogP contribution < -0.4 is 0 Å². The minimum Gasteiger partial charge on any atom is -0.458 e. The van der Waals surface area contributed by atoms with Crippen LogP contribution >= 0.6 is 23.2 Å². The Hall–Kier alpha value is -1.02. The predicted octanol–water partition coefficient (Wildman–Crippen LogP) is 2.69. The van der Waals surface area contributed by atoms with Crippen molar-refractivity contribution in [3.05, 3.63) is 11.1 Å². The molecule has 2 spiro atoms. The lowest BCUT2D eigenvalue weighted by Crippen LogP contribution is -2.80. The molecule has 30 heavy (non-hydrogen) atoms. The molecule has 9 heteroatoms. The Kier molecular flexibility index (Phi) is 3.59. The molecule has 0 radical (unpaired) electrons. The summed E-state index contributed by atoms with van der Waals surface area (Å²) in [6.45, 7) is 6.02. The van der Waals surface area contributed by atoms with Crippen LogP contribution in [-0.4, -0.2) is 63.6 Å². The first-order valence-corrected chi connectivity index (χ1v) is 11.4. The summed E-state index contributed by atoms with van der Waals surface area (Å²) in [6, 6.07) is 0. The molecule has 0 aromatic heterocycles. The van der Waals surface area contributed by atoms with Crippen LogP contribution in [0.4, 0.5) is 4.79 Å². The molecule has 2 saturated heterocycles. The highest BCUT2D eigenvalue weighted by molar-refractivity contribution is 6.24. The first kappa shape index (κ1) is 19.6. The molecule has 0 aromatic rings. The van der Waals surface area contributed by atoms with Crippen molar-refractivity contribution in [3.63, 3.8) is 0 Å². The van der Waals surface area contributed by atoms with Gasteiger partial charge in [0.2, 0.25) is 5.60 Å². The van der Waals surface area contributed by atoms with Crippen LogP contribution in [0.3, 0.4) is 0 Å². The first-order valence-electron chi connectivity index (χ1n) is 10.5. The molecule has 0 amide bonds. The van der Waals surface area contributed by atoms with Crippen molar-refractivity contribution < 1.29 is 33.6 Å². The summed E-state index contributed by atoms with van der Waals surface area (Å²) in [7, 11) is 0. The average Bonchev–Trinajstić information content (AvgIpc) is 3.21. The summed E-state index contributed by atoms with van der Waals surface area (Å²) in [5.41, 5.74) is -2.71.